The van der Waals surface area contributed by atoms with Crippen molar-refractivity contribution in [3.05, 3.63) is 59.8 Å². The summed E-state index contributed by atoms with van der Waals surface area (Å²) in [6.45, 7) is 4.63. The molecule has 0 spiro atoms. The number of hydrogen-bond acceptors (Lipinski definition) is 4. The van der Waals surface area contributed by atoms with Crippen LogP contribution in [0.25, 0.3) is 0 Å². The van der Waals surface area contributed by atoms with Gasteiger partial charge in [-0.05, 0) is 50.3 Å². The summed E-state index contributed by atoms with van der Waals surface area (Å²) in [5, 5.41) is 7.15. The first kappa shape index (κ1) is 24.8. The molecule has 0 radical (unpaired) electrons. The Balaban J connectivity index is 0.00000289. The number of rotatable bonds is 7. The van der Waals surface area contributed by atoms with Crippen LogP contribution in [0.1, 0.15) is 43.9 Å². The van der Waals surface area contributed by atoms with Crippen molar-refractivity contribution in [1.82, 2.24) is 20.5 Å². The minimum atomic E-state index is 0. The average Bonchev–Trinajstić information content (AvgIpc) is 3.01. The Morgan fingerprint density at radius 2 is 1.78 bits per heavy atom. The second-order valence-corrected chi connectivity index (χ2v) is 8.93. The van der Waals surface area contributed by atoms with Crippen molar-refractivity contribution in [3.8, 4) is 0 Å². The average molecular weight is 549 g/mol. The number of halogens is 1. The van der Waals surface area contributed by atoms with Gasteiger partial charge in [-0.2, -0.15) is 0 Å². The number of benzene rings is 1. The highest BCUT2D eigenvalue weighted by Crippen LogP contribution is 2.36. The Morgan fingerprint density at radius 1 is 1.06 bits per heavy atom. The lowest BCUT2D eigenvalue weighted by Gasteiger charge is -2.39. The Bertz CT molecular complexity index is 858. The van der Waals surface area contributed by atoms with Crippen LogP contribution in [0.2, 0.25) is 0 Å². The molecule has 1 aromatic heterocycles. The van der Waals surface area contributed by atoms with Gasteiger partial charge in [0, 0.05) is 45.3 Å². The second kappa shape index (κ2) is 11.8. The van der Waals surface area contributed by atoms with Crippen molar-refractivity contribution >= 4 is 35.8 Å². The molecule has 2 N–H and O–H groups in total. The summed E-state index contributed by atoms with van der Waals surface area (Å²) in [6.07, 6.45) is 4.99. The molecule has 7 heteroatoms. The molecule has 1 aromatic carbocycles. The SMILES string of the molecule is CCNC(=NCc1cccc(N(C)C)n1)NC1CC2CCC(C1)N2Cc1ccccc1.I. The molecule has 0 saturated carbocycles. The molecule has 2 aromatic rings. The summed E-state index contributed by atoms with van der Waals surface area (Å²) in [5.41, 5.74) is 2.41. The molecule has 2 atom stereocenters. The smallest absolute Gasteiger partial charge is 0.191 e. The first-order valence-corrected chi connectivity index (χ1v) is 11.6. The molecule has 2 bridgehead atoms. The van der Waals surface area contributed by atoms with Crippen LogP contribution in [0.3, 0.4) is 0 Å². The molecule has 174 valence electrons. The van der Waals surface area contributed by atoms with Crippen LogP contribution in [-0.2, 0) is 13.1 Å². The van der Waals surface area contributed by atoms with E-state index in [0.29, 0.717) is 24.7 Å². The van der Waals surface area contributed by atoms with Gasteiger partial charge < -0.3 is 15.5 Å². The molecule has 2 aliphatic rings. The van der Waals surface area contributed by atoms with Gasteiger partial charge in [0.25, 0.3) is 0 Å². The fraction of sp³-hybridized carbons (Fsp3) is 0.520. The number of aliphatic imine (C=N–C) groups is 1. The van der Waals surface area contributed by atoms with Gasteiger partial charge in [0.15, 0.2) is 5.96 Å². The van der Waals surface area contributed by atoms with Crippen LogP contribution in [0, 0.1) is 0 Å². The first-order valence-electron chi connectivity index (χ1n) is 11.6. The van der Waals surface area contributed by atoms with Crippen molar-refractivity contribution in [2.75, 3.05) is 25.5 Å². The van der Waals surface area contributed by atoms with Crippen molar-refractivity contribution in [1.29, 1.82) is 0 Å². The van der Waals surface area contributed by atoms with Gasteiger partial charge in [0.05, 0.1) is 12.2 Å². The highest BCUT2D eigenvalue weighted by molar-refractivity contribution is 14.0. The summed E-state index contributed by atoms with van der Waals surface area (Å²) in [7, 11) is 4.03. The lowest BCUT2D eigenvalue weighted by molar-refractivity contribution is 0.114. The van der Waals surface area contributed by atoms with E-state index in [0.717, 1.165) is 30.6 Å². The van der Waals surface area contributed by atoms with Gasteiger partial charge in [-0.3, -0.25) is 4.90 Å². The summed E-state index contributed by atoms with van der Waals surface area (Å²) < 4.78 is 0. The maximum Gasteiger partial charge on any atom is 0.191 e. The van der Waals surface area contributed by atoms with E-state index in [9.17, 15) is 0 Å². The van der Waals surface area contributed by atoms with Crippen LogP contribution in [-0.4, -0.2) is 54.6 Å². The van der Waals surface area contributed by atoms with E-state index in [1.165, 1.54) is 31.2 Å². The molecule has 0 amide bonds. The highest BCUT2D eigenvalue weighted by atomic mass is 127. The maximum atomic E-state index is 4.84. The van der Waals surface area contributed by atoms with E-state index >= 15 is 0 Å². The van der Waals surface area contributed by atoms with Gasteiger partial charge in [-0.15, -0.1) is 24.0 Å². The minimum absolute atomic E-state index is 0. The predicted octanol–water partition coefficient (Wildman–Crippen LogP) is 4.02. The topological polar surface area (TPSA) is 55.8 Å². The van der Waals surface area contributed by atoms with E-state index in [4.69, 9.17) is 9.98 Å². The molecule has 2 aliphatic heterocycles. The van der Waals surface area contributed by atoms with Crippen molar-refractivity contribution in [3.63, 3.8) is 0 Å². The van der Waals surface area contributed by atoms with Crippen LogP contribution >= 0.6 is 24.0 Å². The lowest BCUT2D eigenvalue weighted by atomic mass is 9.96. The number of aromatic nitrogens is 1. The molecule has 0 aliphatic carbocycles. The molecule has 6 nitrogen and oxygen atoms in total. The zero-order valence-corrected chi connectivity index (χ0v) is 21.8. The monoisotopic (exact) mass is 548 g/mol. The summed E-state index contributed by atoms with van der Waals surface area (Å²) in [4.78, 5) is 14.3. The molecule has 2 unspecified atom stereocenters. The Labute approximate surface area is 209 Å². The number of pyridine rings is 1. The number of nitrogens with one attached hydrogen (secondary N) is 2. The van der Waals surface area contributed by atoms with Gasteiger partial charge in [0.1, 0.15) is 5.82 Å². The third kappa shape index (κ3) is 6.34. The third-order valence-electron chi connectivity index (χ3n) is 6.43. The molecular formula is C25H37IN6. The van der Waals surface area contributed by atoms with Crippen LogP contribution in [0.4, 0.5) is 5.82 Å². The van der Waals surface area contributed by atoms with E-state index in [2.05, 4.69) is 52.8 Å². The normalized spacial score (nSPS) is 22.8. The summed E-state index contributed by atoms with van der Waals surface area (Å²) in [6, 6.07) is 18.8. The van der Waals surface area contributed by atoms with Crippen LogP contribution in [0.5, 0.6) is 0 Å². The van der Waals surface area contributed by atoms with E-state index in [1.54, 1.807) is 0 Å². The Kier molecular flexibility index (Phi) is 9.16. The number of anilines is 1. The number of guanidine groups is 1. The van der Waals surface area contributed by atoms with Crippen molar-refractivity contribution in [2.24, 2.45) is 4.99 Å². The third-order valence-corrected chi connectivity index (χ3v) is 6.43. The van der Waals surface area contributed by atoms with Gasteiger partial charge >= 0.3 is 0 Å². The summed E-state index contributed by atoms with van der Waals surface area (Å²) >= 11 is 0. The lowest BCUT2D eigenvalue weighted by Crippen LogP contribution is -2.52. The fourth-order valence-corrected chi connectivity index (χ4v) is 4.92. The fourth-order valence-electron chi connectivity index (χ4n) is 4.92. The number of fused-ring (bicyclic) bond motifs is 2. The first-order chi connectivity index (χ1) is 15.1. The van der Waals surface area contributed by atoms with E-state index < -0.39 is 0 Å². The minimum Gasteiger partial charge on any atom is -0.363 e. The Morgan fingerprint density at radius 3 is 2.44 bits per heavy atom. The van der Waals surface area contributed by atoms with Crippen LogP contribution < -0.4 is 15.5 Å². The van der Waals surface area contributed by atoms with E-state index in [1.807, 2.05) is 37.2 Å². The number of piperidine rings is 1. The predicted molar refractivity (Wildman–Crippen MR) is 144 cm³/mol. The van der Waals surface area contributed by atoms with Gasteiger partial charge in [-0.25, -0.2) is 9.98 Å². The van der Waals surface area contributed by atoms with Crippen LogP contribution in [0.15, 0.2) is 53.5 Å². The van der Waals surface area contributed by atoms with E-state index in [-0.39, 0.29) is 24.0 Å². The molecule has 4 rings (SSSR count). The number of nitrogens with zero attached hydrogens (tertiary/aromatic N) is 4. The molecule has 2 saturated heterocycles. The molecular weight excluding hydrogens is 511 g/mol. The van der Waals surface area contributed by atoms with Crippen molar-refractivity contribution in [2.45, 2.75) is 63.8 Å². The maximum absolute atomic E-state index is 4.84. The summed E-state index contributed by atoms with van der Waals surface area (Å²) in [5.74, 6) is 1.87. The van der Waals surface area contributed by atoms with Crippen molar-refractivity contribution < 1.29 is 0 Å². The Hall–Kier alpha value is -1.87. The number of hydrogen-bond donors (Lipinski definition) is 2. The zero-order chi connectivity index (χ0) is 21.6. The second-order valence-electron chi connectivity index (χ2n) is 8.93. The molecule has 3 heterocycles. The standard InChI is InChI=1S/C25H36N6.HI/c1-4-26-25(27-17-20-11-8-12-24(28-20)30(2)3)29-21-15-22-13-14-23(16-21)31(22)18-19-9-6-5-7-10-19;/h5-12,21-23H,4,13-18H2,1-3H3,(H2,26,27,29);1H. The van der Waals surface area contributed by atoms with Gasteiger partial charge in [0.2, 0.25) is 0 Å². The largest absolute Gasteiger partial charge is 0.363 e. The van der Waals surface area contributed by atoms with Gasteiger partial charge in [-0.1, -0.05) is 36.4 Å². The zero-order valence-electron chi connectivity index (χ0n) is 19.5. The highest BCUT2D eigenvalue weighted by Gasteiger charge is 2.40. The quantitative estimate of drug-likeness (QED) is 0.311. The molecule has 2 fully saturated rings. The molecule has 32 heavy (non-hydrogen) atoms.